The van der Waals surface area contributed by atoms with E-state index >= 15 is 0 Å². The summed E-state index contributed by atoms with van der Waals surface area (Å²) >= 11 is 0. The molecule has 0 radical (unpaired) electrons. The van der Waals surface area contributed by atoms with Gasteiger partial charge in [0.2, 0.25) is 0 Å². The van der Waals surface area contributed by atoms with Crippen molar-refractivity contribution >= 4 is 38.3 Å². The van der Waals surface area contributed by atoms with Crippen LogP contribution < -0.4 is 0 Å². The molecule has 134 valence electrons. The molecule has 4 rings (SSSR count). The molecule has 4 aromatic rings. The molecule has 0 unspecified atom stereocenters. The molecular weight excluding hydrogens is 360 g/mol. The fourth-order valence-electron chi connectivity index (χ4n) is 3.43. The molecular formula is C22H16O4S. The molecule has 0 aliphatic carbocycles. The largest absolute Gasteiger partial charge is 0.478 e. The first-order valence-electron chi connectivity index (χ1n) is 8.40. The highest BCUT2D eigenvalue weighted by molar-refractivity contribution is 7.85. The van der Waals surface area contributed by atoms with Crippen molar-refractivity contribution in [2.45, 2.75) is 16.4 Å². The lowest BCUT2D eigenvalue weighted by Crippen LogP contribution is -2.02. The van der Waals surface area contributed by atoms with Crippen molar-refractivity contribution < 1.29 is 19.2 Å². The molecule has 0 saturated carbocycles. The van der Waals surface area contributed by atoms with Gasteiger partial charge in [0.25, 0.3) is 0 Å². The molecule has 0 aromatic heterocycles. The molecule has 0 aliphatic heterocycles. The minimum Gasteiger partial charge on any atom is -0.478 e. The van der Waals surface area contributed by atoms with Crippen LogP contribution in [0.15, 0.2) is 82.6 Å². The van der Waals surface area contributed by atoms with E-state index < -0.39 is 16.8 Å². The highest BCUT2D eigenvalue weighted by Gasteiger charge is 2.19. The van der Waals surface area contributed by atoms with E-state index in [1.54, 1.807) is 30.3 Å². The number of hydrogen-bond acceptors (Lipinski definition) is 3. The first-order valence-corrected chi connectivity index (χ1v) is 9.55. The summed E-state index contributed by atoms with van der Waals surface area (Å²) in [4.78, 5) is 12.7. The summed E-state index contributed by atoms with van der Waals surface area (Å²) in [6.07, 6.45) is 0. The van der Waals surface area contributed by atoms with E-state index in [4.69, 9.17) is 0 Å². The summed E-state index contributed by atoms with van der Waals surface area (Å²) in [5, 5.41) is 22.1. The van der Waals surface area contributed by atoms with Gasteiger partial charge in [0, 0.05) is 10.8 Å². The molecule has 0 spiro atoms. The molecule has 0 aliphatic rings. The molecule has 1 atom stereocenters. The second-order valence-corrected chi connectivity index (χ2v) is 7.58. The first-order chi connectivity index (χ1) is 13.1. The number of aliphatic hydroxyl groups is 1. The molecule has 0 saturated heterocycles. The van der Waals surface area contributed by atoms with Gasteiger partial charge in [0.15, 0.2) is 0 Å². The number of fused-ring (bicyclic) bond motifs is 2. The third-order valence-corrected chi connectivity index (χ3v) is 6.10. The summed E-state index contributed by atoms with van der Waals surface area (Å²) in [6, 6.07) is 21.3. The normalized spacial score (nSPS) is 12.3. The zero-order chi connectivity index (χ0) is 19.0. The summed E-state index contributed by atoms with van der Waals surface area (Å²) in [5.41, 5.74) is 0.814. The molecule has 4 aromatic carbocycles. The quantitative estimate of drug-likeness (QED) is 0.555. The van der Waals surface area contributed by atoms with E-state index in [1.165, 1.54) is 6.07 Å². The van der Waals surface area contributed by atoms with Crippen molar-refractivity contribution in [3.05, 3.63) is 83.9 Å². The SMILES string of the molecule is O=C(O)c1cccc2cccc([S@](=O)c3cccc4cccc(CO)c34)c12. The summed E-state index contributed by atoms with van der Waals surface area (Å²) in [6.45, 7) is -0.165. The van der Waals surface area contributed by atoms with Gasteiger partial charge in [-0.25, -0.2) is 9.00 Å². The van der Waals surface area contributed by atoms with Crippen LogP contribution in [0.25, 0.3) is 21.5 Å². The van der Waals surface area contributed by atoms with Crippen molar-refractivity contribution in [1.29, 1.82) is 0 Å². The Morgan fingerprint density at radius 3 is 1.89 bits per heavy atom. The Balaban J connectivity index is 2.03. The lowest BCUT2D eigenvalue weighted by molar-refractivity contribution is 0.0699. The van der Waals surface area contributed by atoms with E-state index in [2.05, 4.69) is 0 Å². The maximum Gasteiger partial charge on any atom is 0.336 e. The Hall–Kier alpha value is -3.02. The number of aromatic carboxylic acids is 1. The molecule has 0 amide bonds. The number of rotatable bonds is 4. The van der Waals surface area contributed by atoms with Crippen LogP contribution in [0.5, 0.6) is 0 Å². The predicted molar refractivity (Wildman–Crippen MR) is 105 cm³/mol. The average Bonchev–Trinajstić information content (AvgIpc) is 2.71. The van der Waals surface area contributed by atoms with Crippen LogP contribution in [-0.4, -0.2) is 20.4 Å². The Morgan fingerprint density at radius 2 is 1.30 bits per heavy atom. The van der Waals surface area contributed by atoms with Gasteiger partial charge >= 0.3 is 5.97 Å². The molecule has 0 fully saturated rings. The second kappa shape index (κ2) is 6.95. The first kappa shape index (κ1) is 17.4. The van der Waals surface area contributed by atoms with E-state index in [1.807, 2.05) is 36.4 Å². The van der Waals surface area contributed by atoms with Crippen LogP contribution >= 0.6 is 0 Å². The highest BCUT2D eigenvalue weighted by Crippen LogP contribution is 2.33. The van der Waals surface area contributed by atoms with Crippen LogP contribution in [0.4, 0.5) is 0 Å². The van der Waals surface area contributed by atoms with Crippen LogP contribution in [0.3, 0.4) is 0 Å². The number of carboxylic acid groups (broad SMARTS) is 1. The minimum atomic E-state index is -1.61. The topological polar surface area (TPSA) is 74.6 Å². The number of carbonyl (C=O) groups is 1. The molecule has 4 nitrogen and oxygen atoms in total. The van der Waals surface area contributed by atoms with Crippen molar-refractivity contribution in [1.82, 2.24) is 0 Å². The summed E-state index contributed by atoms with van der Waals surface area (Å²) in [7, 11) is -1.61. The van der Waals surface area contributed by atoms with Gasteiger partial charge in [0.1, 0.15) is 0 Å². The van der Waals surface area contributed by atoms with Gasteiger partial charge in [-0.3, -0.25) is 0 Å². The van der Waals surface area contributed by atoms with Crippen LogP contribution in [0.2, 0.25) is 0 Å². The zero-order valence-corrected chi connectivity index (χ0v) is 15.1. The van der Waals surface area contributed by atoms with Crippen LogP contribution in [0.1, 0.15) is 15.9 Å². The van der Waals surface area contributed by atoms with E-state index in [0.717, 1.165) is 16.2 Å². The van der Waals surface area contributed by atoms with Crippen LogP contribution in [-0.2, 0) is 17.4 Å². The van der Waals surface area contributed by atoms with Gasteiger partial charge in [-0.1, -0.05) is 54.6 Å². The standard InChI is InChI=1S/C22H16O4S/c23-13-16-9-1-5-14-7-3-11-18(20(14)16)27(26)19-12-4-8-15-6-2-10-17(21(15)19)22(24)25/h1-12,23H,13H2,(H,24,25)/t27-/m1/s1. The molecule has 27 heavy (non-hydrogen) atoms. The fraction of sp³-hybridized carbons (Fsp3) is 0.0455. The number of carboxylic acids is 1. The van der Waals surface area contributed by atoms with Gasteiger partial charge in [-0.2, -0.15) is 0 Å². The van der Waals surface area contributed by atoms with Gasteiger partial charge < -0.3 is 10.2 Å². The van der Waals surface area contributed by atoms with Gasteiger partial charge in [-0.15, -0.1) is 0 Å². The summed E-state index contributed by atoms with van der Waals surface area (Å²) < 4.78 is 13.6. The average molecular weight is 376 g/mol. The van der Waals surface area contributed by atoms with Crippen molar-refractivity contribution in [2.24, 2.45) is 0 Å². The lowest BCUT2D eigenvalue weighted by Gasteiger charge is -2.13. The van der Waals surface area contributed by atoms with Crippen molar-refractivity contribution in [3.8, 4) is 0 Å². The fourth-order valence-corrected chi connectivity index (χ4v) is 4.91. The Kier molecular flexibility index (Phi) is 4.48. The maximum absolute atomic E-state index is 13.6. The third-order valence-electron chi connectivity index (χ3n) is 4.62. The predicted octanol–water partition coefficient (Wildman–Crippen LogP) is 4.35. The Bertz CT molecular complexity index is 1200. The second-order valence-electron chi connectivity index (χ2n) is 6.16. The van der Waals surface area contributed by atoms with E-state index in [-0.39, 0.29) is 12.2 Å². The van der Waals surface area contributed by atoms with Gasteiger partial charge in [0.05, 0.1) is 32.8 Å². The molecule has 0 heterocycles. The lowest BCUT2D eigenvalue weighted by atomic mass is 10.0. The number of benzene rings is 4. The number of hydrogen-bond donors (Lipinski definition) is 2. The van der Waals surface area contributed by atoms with Crippen molar-refractivity contribution in [3.63, 3.8) is 0 Å². The summed E-state index contributed by atoms with van der Waals surface area (Å²) in [5.74, 6) is -1.06. The molecule has 2 N–H and O–H groups in total. The van der Waals surface area contributed by atoms with Crippen LogP contribution in [0, 0.1) is 0 Å². The third kappa shape index (κ3) is 2.91. The van der Waals surface area contributed by atoms with E-state index in [0.29, 0.717) is 20.7 Å². The monoisotopic (exact) mass is 376 g/mol. The van der Waals surface area contributed by atoms with Gasteiger partial charge in [-0.05, 0) is 34.5 Å². The van der Waals surface area contributed by atoms with Crippen molar-refractivity contribution in [2.75, 3.05) is 0 Å². The minimum absolute atomic E-state index is 0.124. The number of aliphatic hydroxyl groups excluding tert-OH is 1. The molecule has 0 bridgehead atoms. The molecule has 5 heteroatoms. The van der Waals surface area contributed by atoms with E-state index in [9.17, 15) is 19.2 Å². The maximum atomic E-state index is 13.6. The zero-order valence-electron chi connectivity index (χ0n) is 14.3. The Morgan fingerprint density at radius 1 is 0.778 bits per heavy atom. The highest BCUT2D eigenvalue weighted by atomic mass is 32.2. The smallest absolute Gasteiger partial charge is 0.336 e. The Labute approximate surface area is 158 Å².